The molecule has 0 aliphatic carbocycles. The van der Waals surface area contributed by atoms with Crippen molar-refractivity contribution in [2.45, 2.75) is 26.7 Å². The first kappa shape index (κ1) is 8.98. The van der Waals surface area contributed by atoms with E-state index in [2.05, 4.69) is 31.5 Å². The fourth-order valence-electron chi connectivity index (χ4n) is 1.32. The molecule has 1 rings (SSSR count). The average Bonchev–Trinajstić information content (AvgIpc) is 2.03. The highest BCUT2D eigenvalue weighted by atomic mass is 14.7. The van der Waals surface area contributed by atoms with Crippen LogP contribution in [0.25, 0.3) is 6.08 Å². The lowest BCUT2D eigenvalue weighted by atomic mass is 10.0. The van der Waals surface area contributed by atoms with Crippen molar-refractivity contribution in [1.29, 1.82) is 0 Å². The SMILES string of the molecule is C=Cc1ccc(C(C)C)c(C)n1. The summed E-state index contributed by atoms with van der Waals surface area (Å²) in [5, 5.41) is 0. The predicted molar refractivity (Wildman–Crippen MR) is 53.2 cm³/mol. The largest absolute Gasteiger partial charge is 0.253 e. The number of aryl methyl sites for hydroxylation is 1. The Bertz CT molecular complexity index is 287. The van der Waals surface area contributed by atoms with Gasteiger partial charge in [-0.05, 0) is 30.5 Å². The van der Waals surface area contributed by atoms with Crippen molar-refractivity contribution in [2.24, 2.45) is 0 Å². The number of hydrogen-bond acceptors (Lipinski definition) is 1. The second kappa shape index (κ2) is 3.53. The normalized spacial score (nSPS) is 10.3. The van der Waals surface area contributed by atoms with Gasteiger partial charge in [-0.15, -0.1) is 0 Å². The quantitative estimate of drug-likeness (QED) is 0.649. The van der Waals surface area contributed by atoms with E-state index in [1.54, 1.807) is 6.08 Å². The van der Waals surface area contributed by atoms with Gasteiger partial charge in [0.1, 0.15) is 0 Å². The van der Waals surface area contributed by atoms with Crippen LogP contribution in [0.4, 0.5) is 0 Å². The summed E-state index contributed by atoms with van der Waals surface area (Å²) in [5.41, 5.74) is 3.39. The van der Waals surface area contributed by atoms with Crippen molar-refractivity contribution in [3.63, 3.8) is 0 Å². The molecule has 0 radical (unpaired) electrons. The molecule has 0 aromatic carbocycles. The third kappa shape index (κ3) is 1.73. The van der Waals surface area contributed by atoms with Gasteiger partial charge in [0.05, 0.1) is 5.69 Å². The Morgan fingerprint density at radius 2 is 2.08 bits per heavy atom. The molecule has 0 spiro atoms. The third-order valence-electron chi connectivity index (χ3n) is 1.98. The maximum absolute atomic E-state index is 4.39. The smallest absolute Gasteiger partial charge is 0.0627 e. The molecule has 0 aliphatic rings. The van der Waals surface area contributed by atoms with Crippen LogP contribution in [0.15, 0.2) is 18.7 Å². The molecule has 0 amide bonds. The summed E-state index contributed by atoms with van der Waals surface area (Å²) in [4.78, 5) is 4.39. The fraction of sp³-hybridized carbons (Fsp3) is 0.364. The first-order chi connectivity index (χ1) is 5.65. The number of pyridine rings is 1. The molecule has 12 heavy (non-hydrogen) atoms. The van der Waals surface area contributed by atoms with Crippen molar-refractivity contribution < 1.29 is 0 Å². The van der Waals surface area contributed by atoms with Gasteiger partial charge in [0.15, 0.2) is 0 Å². The van der Waals surface area contributed by atoms with Gasteiger partial charge in [0, 0.05) is 5.69 Å². The highest BCUT2D eigenvalue weighted by Crippen LogP contribution is 2.17. The maximum Gasteiger partial charge on any atom is 0.0627 e. The van der Waals surface area contributed by atoms with Crippen LogP contribution < -0.4 is 0 Å². The molecule has 0 fully saturated rings. The molecule has 64 valence electrons. The summed E-state index contributed by atoms with van der Waals surface area (Å²) < 4.78 is 0. The molecule has 1 nitrogen and oxygen atoms in total. The summed E-state index contributed by atoms with van der Waals surface area (Å²) in [7, 11) is 0. The zero-order valence-electron chi connectivity index (χ0n) is 7.96. The van der Waals surface area contributed by atoms with E-state index < -0.39 is 0 Å². The molecule has 0 N–H and O–H groups in total. The molecule has 0 saturated heterocycles. The van der Waals surface area contributed by atoms with Crippen molar-refractivity contribution in [3.05, 3.63) is 35.7 Å². The highest BCUT2D eigenvalue weighted by molar-refractivity contribution is 5.43. The van der Waals surface area contributed by atoms with E-state index in [1.807, 2.05) is 13.0 Å². The van der Waals surface area contributed by atoms with E-state index in [9.17, 15) is 0 Å². The van der Waals surface area contributed by atoms with Crippen LogP contribution in [0.3, 0.4) is 0 Å². The van der Waals surface area contributed by atoms with Gasteiger partial charge < -0.3 is 0 Å². The second-order valence-corrected chi connectivity index (χ2v) is 3.27. The molecule has 1 aromatic rings. The summed E-state index contributed by atoms with van der Waals surface area (Å²) in [6, 6.07) is 4.14. The van der Waals surface area contributed by atoms with Crippen molar-refractivity contribution in [2.75, 3.05) is 0 Å². The highest BCUT2D eigenvalue weighted by Gasteiger charge is 2.03. The van der Waals surface area contributed by atoms with Crippen molar-refractivity contribution >= 4 is 6.08 Å². The Hall–Kier alpha value is -1.11. The Kier molecular flexibility index (Phi) is 2.64. The van der Waals surface area contributed by atoms with Gasteiger partial charge >= 0.3 is 0 Å². The number of aromatic nitrogens is 1. The van der Waals surface area contributed by atoms with Crippen LogP contribution in [0.2, 0.25) is 0 Å². The number of hydrogen-bond donors (Lipinski definition) is 0. The summed E-state index contributed by atoms with van der Waals surface area (Å²) in [6.45, 7) is 10.1. The lowest BCUT2D eigenvalue weighted by molar-refractivity contribution is 0.842. The Morgan fingerprint density at radius 3 is 2.50 bits per heavy atom. The molecule has 0 atom stereocenters. The Morgan fingerprint density at radius 1 is 1.42 bits per heavy atom. The molecule has 1 heterocycles. The Balaban J connectivity index is 3.11. The molecule has 1 aromatic heterocycles. The summed E-state index contributed by atoms with van der Waals surface area (Å²) in [5.74, 6) is 0.552. The number of nitrogens with zero attached hydrogens (tertiary/aromatic N) is 1. The monoisotopic (exact) mass is 161 g/mol. The van der Waals surface area contributed by atoms with E-state index in [0.29, 0.717) is 5.92 Å². The predicted octanol–water partition coefficient (Wildman–Crippen LogP) is 3.16. The molecular weight excluding hydrogens is 146 g/mol. The van der Waals surface area contributed by atoms with E-state index in [1.165, 1.54) is 5.56 Å². The van der Waals surface area contributed by atoms with Crippen molar-refractivity contribution in [1.82, 2.24) is 4.98 Å². The average molecular weight is 161 g/mol. The van der Waals surface area contributed by atoms with Gasteiger partial charge in [-0.1, -0.05) is 26.5 Å². The van der Waals surface area contributed by atoms with Crippen LogP contribution >= 0.6 is 0 Å². The minimum atomic E-state index is 0.552. The lowest BCUT2D eigenvalue weighted by Gasteiger charge is -2.08. The van der Waals surface area contributed by atoms with Gasteiger partial charge in [0.25, 0.3) is 0 Å². The fourth-order valence-corrected chi connectivity index (χ4v) is 1.32. The van der Waals surface area contributed by atoms with Crippen molar-refractivity contribution in [3.8, 4) is 0 Å². The first-order valence-corrected chi connectivity index (χ1v) is 4.25. The minimum absolute atomic E-state index is 0.552. The van der Waals surface area contributed by atoms with Gasteiger partial charge in [-0.2, -0.15) is 0 Å². The molecule has 0 unspecified atom stereocenters. The van der Waals surface area contributed by atoms with E-state index >= 15 is 0 Å². The van der Waals surface area contributed by atoms with E-state index in [-0.39, 0.29) is 0 Å². The lowest BCUT2D eigenvalue weighted by Crippen LogP contribution is -1.95. The molecular formula is C11H15N. The van der Waals surface area contributed by atoms with E-state index in [0.717, 1.165) is 11.4 Å². The first-order valence-electron chi connectivity index (χ1n) is 4.25. The standard InChI is InChI=1S/C11H15N/c1-5-10-6-7-11(8(2)3)9(4)12-10/h5-8H,1H2,2-4H3. The van der Waals surface area contributed by atoms with Gasteiger partial charge in [-0.25, -0.2) is 0 Å². The van der Waals surface area contributed by atoms with Crippen LogP contribution in [-0.2, 0) is 0 Å². The zero-order valence-corrected chi connectivity index (χ0v) is 7.96. The van der Waals surface area contributed by atoms with Gasteiger partial charge in [0.2, 0.25) is 0 Å². The third-order valence-corrected chi connectivity index (χ3v) is 1.98. The molecule has 0 saturated carbocycles. The molecule has 0 bridgehead atoms. The summed E-state index contributed by atoms with van der Waals surface area (Å²) in [6.07, 6.45) is 1.77. The van der Waals surface area contributed by atoms with Gasteiger partial charge in [-0.3, -0.25) is 4.98 Å². The Labute approximate surface area is 74.2 Å². The second-order valence-electron chi connectivity index (χ2n) is 3.27. The topological polar surface area (TPSA) is 12.9 Å². The van der Waals surface area contributed by atoms with Crippen LogP contribution in [0, 0.1) is 6.92 Å². The number of rotatable bonds is 2. The molecule has 0 aliphatic heterocycles. The van der Waals surface area contributed by atoms with Crippen LogP contribution in [0.5, 0.6) is 0 Å². The maximum atomic E-state index is 4.39. The van der Waals surface area contributed by atoms with Crippen LogP contribution in [0.1, 0.15) is 36.7 Å². The van der Waals surface area contributed by atoms with E-state index in [4.69, 9.17) is 0 Å². The minimum Gasteiger partial charge on any atom is -0.253 e. The zero-order chi connectivity index (χ0) is 9.14. The van der Waals surface area contributed by atoms with Crippen LogP contribution in [-0.4, -0.2) is 4.98 Å². The summed E-state index contributed by atoms with van der Waals surface area (Å²) >= 11 is 0. The molecule has 1 heteroatoms.